The maximum atomic E-state index is 14.2. The van der Waals surface area contributed by atoms with E-state index in [0.717, 1.165) is 28.6 Å². The molecule has 1 amide bonds. The van der Waals surface area contributed by atoms with E-state index in [-0.39, 0.29) is 36.7 Å². The van der Waals surface area contributed by atoms with E-state index in [4.69, 9.17) is 4.74 Å². The van der Waals surface area contributed by atoms with Gasteiger partial charge in [-0.2, -0.15) is 0 Å². The Bertz CT molecular complexity index is 1890. The van der Waals surface area contributed by atoms with Crippen molar-refractivity contribution in [2.75, 3.05) is 24.7 Å². The molecule has 0 radical (unpaired) electrons. The summed E-state index contributed by atoms with van der Waals surface area (Å²) >= 11 is 0. The molecule has 1 aliphatic rings. The zero-order chi connectivity index (χ0) is 31.6. The van der Waals surface area contributed by atoms with E-state index in [2.05, 4.69) is 32.1 Å². The second-order valence-electron chi connectivity index (χ2n) is 11.8. The first-order valence-corrected chi connectivity index (χ1v) is 14.7. The molecule has 1 N–H and O–H groups in total. The van der Waals surface area contributed by atoms with Crippen molar-refractivity contribution in [3.8, 4) is 11.8 Å². The number of halogens is 1. The Morgan fingerprint density at radius 3 is 2.64 bits per heavy atom. The molecule has 12 nitrogen and oxygen atoms in total. The van der Waals surface area contributed by atoms with Gasteiger partial charge in [-0.3, -0.25) is 14.2 Å². The number of ether oxygens (including phenoxy) is 1. The molecule has 5 rings (SSSR count). The largest absolute Gasteiger partial charge is 0.444 e. The van der Waals surface area contributed by atoms with Gasteiger partial charge < -0.3 is 15.0 Å². The van der Waals surface area contributed by atoms with Crippen LogP contribution < -0.4 is 21.3 Å². The van der Waals surface area contributed by atoms with E-state index in [0.29, 0.717) is 30.4 Å². The third-order valence-electron chi connectivity index (χ3n) is 7.38. The smallest absolute Gasteiger partial charge is 0.407 e. The number of hydrogen-bond donors (Lipinski definition) is 1. The molecule has 0 saturated carbocycles. The molecule has 232 valence electrons. The lowest BCUT2D eigenvalue weighted by atomic mass is 10.1. The lowest BCUT2D eigenvalue weighted by molar-refractivity contribution is 0.0499. The van der Waals surface area contributed by atoms with Crippen LogP contribution in [0.25, 0.3) is 21.9 Å². The topological polar surface area (TPSA) is 129 Å². The minimum atomic E-state index is -0.860. The molecule has 0 spiro atoms. The van der Waals surface area contributed by atoms with Crippen LogP contribution >= 0.6 is 0 Å². The number of piperidine rings is 1. The predicted molar refractivity (Wildman–Crippen MR) is 166 cm³/mol. The highest BCUT2D eigenvalue weighted by atomic mass is 19.1. The Kier molecular flexibility index (Phi) is 8.71. The molecule has 1 aliphatic heterocycles. The molecule has 4 aromatic rings. The summed E-state index contributed by atoms with van der Waals surface area (Å²) in [5, 5.41) is 3.80. The van der Waals surface area contributed by atoms with Gasteiger partial charge in [0.15, 0.2) is 11.3 Å². The number of carbonyl (C=O) groups excluding carboxylic acids is 1. The van der Waals surface area contributed by atoms with E-state index >= 15 is 0 Å². The van der Waals surface area contributed by atoms with Crippen molar-refractivity contribution < 1.29 is 13.9 Å². The summed E-state index contributed by atoms with van der Waals surface area (Å²) in [5.41, 5.74) is -0.327. The number of nitrogens with zero attached hydrogens (tertiary/aromatic N) is 7. The summed E-state index contributed by atoms with van der Waals surface area (Å²) in [6, 6.07) is 7.28. The first-order chi connectivity index (χ1) is 21.0. The highest BCUT2D eigenvalue weighted by Crippen LogP contribution is 2.23. The van der Waals surface area contributed by atoms with Gasteiger partial charge in [0.1, 0.15) is 24.3 Å². The number of amides is 1. The van der Waals surface area contributed by atoms with Crippen molar-refractivity contribution in [3.63, 3.8) is 0 Å². The van der Waals surface area contributed by atoms with Crippen molar-refractivity contribution >= 4 is 34.0 Å². The van der Waals surface area contributed by atoms with Gasteiger partial charge in [-0.15, -0.1) is 5.92 Å². The third-order valence-corrected chi connectivity index (χ3v) is 7.38. The number of alkyl carbamates (subject to hydrolysis) is 1. The summed E-state index contributed by atoms with van der Waals surface area (Å²) in [4.78, 5) is 56.2. The van der Waals surface area contributed by atoms with E-state index in [1.807, 2.05) is 36.1 Å². The molecule has 3 aromatic heterocycles. The average molecular weight is 605 g/mol. The number of hydrogen-bond acceptors (Lipinski definition) is 8. The van der Waals surface area contributed by atoms with Gasteiger partial charge in [-0.25, -0.2) is 33.5 Å². The number of alkyl halides is 1. The lowest BCUT2D eigenvalue weighted by Gasteiger charge is -2.34. The highest BCUT2D eigenvalue weighted by molar-refractivity contribution is 5.80. The Morgan fingerprint density at radius 1 is 1.14 bits per heavy atom. The number of imidazole rings is 1. The van der Waals surface area contributed by atoms with Crippen molar-refractivity contribution in [2.45, 2.75) is 78.7 Å². The van der Waals surface area contributed by atoms with Crippen LogP contribution in [0.3, 0.4) is 0 Å². The first-order valence-electron chi connectivity index (χ1n) is 14.7. The second kappa shape index (κ2) is 12.5. The fourth-order valence-electron chi connectivity index (χ4n) is 5.53. The van der Waals surface area contributed by atoms with Gasteiger partial charge in [0.05, 0.1) is 18.6 Å². The monoisotopic (exact) mass is 604 g/mol. The number of anilines is 1. The minimum Gasteiger partial charge on any atom is -0.444 e. The van der Waals surface area contributed by atoms with Crippen LogP contribution in [0.4, 0.5) is 15.1 Å². The van der Waals surface area contributed by atoms with Gasteiger partial charge >= 0.3 is 6.09 Å². The molecule has 4 heterocycles. The Morgan fingerprint density at radius 2 is 1.91 bits per heavy atom. The number of benzene rings is 1. The van der Waals surface area contributed by atoms with Crippen LogP contribution in [0, 0.1) is 18.8 Å². The number of rotatable bonds is 7. The fourth-order valence-corrected chi connectivity index (χ4v) is 5.53. The van der Waals surface area contributed by atoms with Crippen molar-refractivity contribution in [2.24, 2.45) is 0 Å². The standard InChI is InChI=1S/C31H37FN8O4/c1-6-7-16-38-26-25(36-29(38)37-15-10-11-21(18-37)34-30(43)44-31(3,4)5)27(41)39(17-14-32)40(28(26)42)19-24-33-20(2)22-12-8-9-13-23(22)35-24/h8-9,12-13,21H,10-11,14-19H2,1-5H3,(H,34,43)/t21-/m1/s1. The minimum absolute atomic E-state index is 0.0644. The molecule has 1 saturated heterocycles. The van der Waals surface area contributed by atoms with E-state index in [1.165, 1.54) is 4.68 Å². The second-order valence-corrected chi connectivity index (χ2v) is 11.8. The summed E-state index contributed by atoms with van der Waals surface area (Å²) < 4.78 is 23.1. The lowest BCUT2D eigenvalue weighted by Crippen LogP contribution is -2.49. The molecule has 1 fully saturated rings. The van der Waals surface area contributed by atoms with Crippen LogP contribution in [0.1, 0.15) is 52.1 Å². The summed E-state index contributed by atoms with van der Waals surface area (Å²) in [6.45, 7) is 8.69. The zero-order valence-electron chi connectivity index (χ0n) is 25.7. The number of nitrogens with one attached hydrogen (secondary N) is 1. The normalized spacial score (nSPS) is 15.3. The van der Waals surface area contributed by atoms with Crippen LogP contribution in [0.15, 0.2) is 33.9 Å². The SMILES string of the molecule is CC#CCn1c(N2CCC[C@@H](NC(=O)OC(C)(C)C)C2)nc2c(=O)n(CCF)n(Cc3nc(C)c4ccccc4n3)c(=O)c21. The highest BCUT2D eigenvalue weighted by Gasteiger charge is 2.29. The van der Waals surface area contributed by atoms with Crippen molar-refractivity contribution in [1.29, 1.82) is 0 Å². The number of aromatic nitrogens is 6. The molecule has 1 aromatic carbocycles. The number of carbonyl (C=O) groups is 1. The van der Waals surface area contributed by atoms with E-state index < -0.39 is 29.5 Å². The van der Waals surface area contributed by atoms with Gasteiger partial charge in [0.25, 0.3) is 11.1 Å². The molecule has 0 bridgehead atoms. The van der Waals surface area contributed by atoms with E-state index in [1.54, 1.807) is 32.3 Å². The zero-order valence-corrected chi connectivity index (χ0v) is 25.7. The summed E-state index contributed by atoms with van der Waals surface area (Å²) in [6.07, 6.45) is 0.947. The molecule has 1 atom stereocenters. The molecular weight excluding hydrogens is 567 g/mol. The third kappa shape index (κ3) is 6.29. The Labute approximate surface area is 253 Å². The van der Waals surface area contributed by atoms with Gasteiger partial charge in [0.2, 0.25) is 5.95 Å². The average Bonchev–Trinajstić information content (AvgIpc) is 3.35. The number of aryl methyl sites for hydroxylation is 1. The maximum Gasteiger partial charge on any atom is 0.407 e. The molecular formula is C31H37FN8O4. The van der Waals surface area contributed by atoms with Crippen molar-refractivity contribution in [1.82, 2.24) is 34.2 Å². The molecule has 44 heavy (non-hydrogen) atoms. The predicted octanol–water partition coefficient (Wildman–Crippen LogP) is 3.15. The number of fused-ring (bicyclic) bond motifs is 2. The van der Waals surface area contributed by atoms with Crippen LogP contribution in [0.2, 0.25) is 0 Å². The summed E-state index contributed by atoms with van der Waals surface area (Å²) in [7, 11) is 0. The first kappa shape index (κ1) is 30.7. The number of para-hydroxylation sites is 1. The molecule has 0 unspecified atom stereocenters. The quantitative estimate of drug-likeness (QED) is 0.319. The van der Waals surface area contributed by atoms with Crippen LogP contribution in [0.5, 0.6) is 0 Å². The summed E-state index contributed by atoms with van der Waals surface area (Å²) in [5.74, 6) is 6.54. The Hall–Kier alpha value is -4.73. The molecule has 13 heteroatoms. The molecule has 0 aliphatic carbocycles. The van der Waals surface area contributed by atoms with Gasteiger partial charge in [-0.05, 0) is 53.5 Å². The van der Waals surface area contributed by atoms with E-state index in [9.17, 15) is 18.8 Å². The van der Waals surface area contributed by atoms with Crippen molar-refractivity contribution in [3.05, 3.63) is 56.5 Å². The van der Waals surface area contributed by atoms with Gasteiger partial charge in [-0.1, -0.05) is 24.1 Å². The Balaban J connectivity index is 1.60. The fraction of sp³-hybridized carbons (Fsp3) is 0.484. The maximum absolute atomic E-state index is 14.2. The van der Waals surface area contributed by atoms with Crippen LogP contribution in [-0.2, 0) is 24.4 Å². The van der Waals surface area contributed by atoms with Gasteiger partial charge in [0, 0.05) is 30.2 Å². The van der Waals surface area contributed by atoms with Crippen LogP contribution in [-0.4, -0.2) is 66.4 Å².